The molecule has 11 nitrogen and oxygen atoms in total. The van der Waals surface area contributed by atoms with Crippen molar-refractivity contribution >= 4 is 56.6 Å². The Morgan fingerprint density at radius 1 is 0.947 bits per heavy atom. The van der Waals surface area contributed by atoms with Gasteiger partial charge < -0.3 is 23.5 Å². The van der Waals surface area contributed by atoms with E-state index >= 15 is 4.79 Å². The number of nitrogens with zero attached hydrogens (tertiary/aromatic N) is 8. The molecular formula is C44H46Cl2N8O3. The van der Waals surface area contributed by atoms with Crippen LogP contribution in [0.2, 0.25) is 10.0 Å². The summed E-state index contributed by atoms with van der Waals surface area (Å²) in [5.74, 6) is 1.86. The van der Waals surface area contributed by atoms with Gasteiger partial charge in [-0.1, -0.05) is 29.3 Å². The van der Waals surface area contributed by atoms with Gasteiger partial charge in [-0.05, 0) is 101 Å². The Morgan fingerprint density at radius 3 is 2.42 bits per heavy atom. The maximum Gasteiger partial charge on any atom is 0.275 e. The van der Waals surface area contributed by atoms with E-state index in [9.17, 15) is 0 Å². The average molecular weight is 806 g/mol. The lowest BCUT2D eigenvalue weighted by atomic mass is 9.98. The summed E-state index contributed by atoms with van der Waals surface area (Å²) >= 11 is 13.6. The zero-order valence-corrected chi connectivity index (χ0v) is 34.9. The number of halogens is 2. The number of ether oxygens (including phenoxy) is 2. The van der Waals surface area contributed by atoms with Gasteiger partial charge in [-0.25, -0.2) is 4.98 Å². The van der Waals surface area contributed by atoms with Gasteiger partial charge in [0.15, 0.2) is 5.82 Å². The number of carbonyl (C=O) groups excluding carboxylic acids is 1. The Labute approximate surface area is 341 Å². The summed E-state index contributed by atoms with van der Waals surface area (Å²) in [7, 11) is 3.98. The largest absolute Gasteiger partial charge is 0.494 e. The van der Waals surface area contributed by atoms with E-state index in [0.717, 1.165) is 103 Å². The van der Waals surface area contributed by atoms with Crippen LogP contribution in [0.15, 0.2) is 55.0 Å². The van der Waals surface area contributed by atoms with Gasteiger partial charge in [0.2, 0.25) is 0 Å². The van der Waals surface area contributed by atoms with Gasteiger partial charge in [0, 0.05) is 89.0 Å². The minimum atomic E-state index is -0.0778. The number of hydrogen-bond donors (Lipinski definition) is 0. The highest BCUT2D eigenvalue weighted by Gasteiger charge is 2.38. The first-order valence-electron chi connectivity index (χ1n) is 19.5. The smallest absolute Gasteiger partial charge is 0.275 e. The molecule has 9 rings (SSSR count). The lowest BCUT2D eigenvalue weighted by molar-refractivity contribution is -0.0408. The zero-order valence-electron chi connectivity index (χ0n) is 33.4. The monoisotopic (exact) mass is 804 g/mol. The first-order valence-corrected chi connectivity index (χ1v) is 20.3. The molecule has 0 spiro atoms. The van der Waals surface area contributed by atoms with E-state index in [-0.39, 0.29) is 11.9 Å². The second-order valence-corrected chi connectivity index (χ2v) is 16.6. The molecule has 4 aromatic heterocycles. The fourth-order valence-electron chi connectivity index (χ4n) is 8.83. The van der Waals surface area contributed by atoms with Crippen LogP contribution in [0.3, 0.4) is 0 Å². The topological polar surface area (TPSA) is 97.2 Å². The second kappa shape index (κ2) is 14.4. The van der Waals surface area contributed by atoms with Crippen LogP contribution in [-0.2, 0) is 31.8 Å². The third-order valence-corrected chi connectivity index (χ3v) is 12.7. The Balaban J connectivity index is 1.13. The third-order valence-electron chi connectivity index (χ3n) is 11.8. The molecule has 0 radical (unpaired) electrons. The van der Waals surface area contributed by atoms with Crippen LogP contribution in [0.4, 0.5) is 5.69 Å². The molecule has 13 heteroatoms. The lowest BCUT2D eigenvalue weighted by Crippen LogP contribution is -2.42. The first kappa shape index (κ1) is 37.5. The molecule has 1 atom stereocenters. The predicted octanol–water partition coefficient (Wildman–Crippen LogP) is 9.21. The van der Waals surface area contributed by atoms with Crippen LogP contribution in [0.5, 0.6) is 5.75 Å². The number of anilines is 1. The fourth-order valence-corrected chi connectivity index (χ4v) is 9.19. The minimum absolute atomic E-state index is 0.0473. The molecule has 3 aromatic carbocycles. The van der Waals surface area contributed by atoms with Crippen LogP contribution < -0.4 is 9.64 Å². The summed E-state index contributed by atoms with van der Waals surface area (Å²) in [4.78, 5) is 21.9. The highest BCUT2D eigenvalue weighted by molar-refractivity contribution is 6.35. The van der Waals surface area contributed by atoms with E-state index in [1.54, 1.807) is 6.33 Å². The summed E-state index contributed by atoms with van der Waals surface area (Å²) in [6, 6.07) is 14.2. The van der Waals surface area contributed by atoms with Crippen molar-refractivity contribution in [2.75, 3.05) is 31.3 Å². The maximum atomic E-state index is 15.3. The van der Waals surface area contributed by atoms with Crippen molar-refractivity contribution < 1.29 is 14.3 Å². The van der Waals surface area contributed by atoms with Gasteiger partial charge in [-0.3, -0.25) is 14.2 Å². The molecule has 0 aliphatic carbocycles. The van der Waals surface area contributed by atoms with Crippen LogP contribution in [0.25, 0.3) is 44.3 Å². The van der Waals surface area contributed by atoms with Gasteiger partial charge in [0.1, 0.15) is 17.8 Å². The van der Waals surface area contributed by atoms with Gasteiger partial charge in [-0.2, -0.15) is 10.2 Å². The van der Waals surface area contributed by atoms with E-state index in [4.69, 9.17) is 42.9 Å². The van der Waals surface area contributed by atoms with Crippen molar-refractivity contribution in [2.24, 2.45) is 20.0 Å². The number of aromatic nitrogens is 7. The number of aryl methyl sites for hydroxylation is 6. The van der Waals surface area contributed by atoms with Crippen LogP contribution in [0, 0.1) is 33.6 Å². The lowest BCUT2D eigenvalue weighted by Gasteiger charge is -2.34. The van der Waals surface area contributed by atoms with Gasteiger partial charge in [0.25, 0.3) is 5.91 Å². The predicted molar refractivity (Wildman–Crippen MR) is 226 cm³/mol. The molecule has 1 fully saturated rings. The van der Waals surface area contributed by atoms with Gasteiger partial charge >= 0.3 is 0 Å². The SMILES string of the molecule is Cc1cc(OCCCc2c3n(c4c(-c5c(C)nn(C)c5C)c(Cl)ccc24)[C@H](C)CN(c2cn(C)c4ccc(-c5ncn(CC6COC6)n5)cc24)C3=O)cc(C)c1Cl. The molecule has 2 aliphatic heterocycles. The van der Waals surface area contributed by atoms with Crippen molar-refractivity contribution in [2.45, 2.75) is 60.0 Å². The number of amides is 1. The quantitative estimate of drug-likeness (QED) is 0.128. The Hall–Kier alpha value is -5.10. The van der Waals surface area contributed by atoms with Crippen molar-refractivity contribution in [3.8, 4) is 28.3 Å². The molecule has 6 heterocycles. The molecule has 57 heavy (non-hydrogen) atoms. The van der Waals surface area contributed by atoms with Crippen molar-refractivity contribution in [3.63, 3.8) is 0 Å². The first-order chi connectivity index (χ1) is 27.4. The Morgan fingerprint density at radius 2 is 1.72 bits per heavy atom. The minimum Gasteiger partial charge on any atom is -0.494 e. The normalized spacial score (nSPS) is 15.9. The molecule has 2 aliphatic rings. The van der Waals surface area contributed by atoms with Gasteiger partial charge in [-0.15, -0.1) is 0 Å². The number of rotatable bonds is 10. The van der Waals surface area contributed by atoms with Crippen molar-refractivity contribution in [1.82, 2.24) is 33.7 Å². The van der Waals surface area contributed by atoms with Crippen LogP contribution in [0.1, 0.15) is 58.0 Å². The van der Waals surface area contributed by atoms with E-state index in [1.165, 1.54) is 0 Å². The highest BCUT2D eigenvalue weighted by Crippen LogP contribution is 2.46. The summed E-state index contributed by atoms with van der Waals surface area (Å²) in [6.07, 6.45) is 5.18. The highest BCUT2D eigenvalue weighted by atomic mass is 35.5. The van der Waals surface area contributed by atoms with E-state index < -0.39 is 0 Å². The zero-order chi connectivity index (χ0) is 39.9. The molecule has 294 valence electrons. The van der Waals surface area contributed by atoms with Gasteiger partial charge in [0.05, 0.1) is 41.7 Å². The fraction of sp³-hybridized carbons (Fsp3) is 0.364. The summed E-state index contributed by atoms with van der Waals surface area (Å²) in [5, 5.41) is 12.9. The third kappa shape index (κ3) is 6.31. The van der Waals surface area contributed by atoms with E-state index in [1.807, 2.05) is 67.3 Å². The molecule has 0 N–H and O–H groups in total. The number of fused-ring (bicyclic) bond motifs is 4. The number of benzene rings is 3. The summed E-state index contributed by atoms with van der Waals surface area (Å²) in [6.45, 7) is 13.5. The summed E-state index contributed by atoms with van der Waals surface area (Å²) in [5.41, 5.74) is 11.2. The number of hydrogen-bond acceptors (Lipinski definition) is 6. The summed E-state index contributed by atoms with van der Waals surface area (Å²) < 4.78 is 19.8. The second-order valence-electron chi connectivity index (χ2n) is 15.8. The molecule has 1 amide bonds. The Bertz CT molecular complexity index is 2710. The number of carbonyl (C=O) groups is 1. The van der Waals surface area contributed by atoms with Crippen LogP contribution in [-0.4, -0.2) is 66.0 Å². The van der Waals surface area contributed by atoms with Crippen molar-refractivity contribution in [1.29, 1.82) is 0 Å². The molecule has 0 unspecified atom stereocenters. The average Bonchev–Trinajstić information content (AvgIpc) is 3.92. The van der Waals surface area contributed by atoms with Crippen molar-refractivity contribution in [3.05, 3.63) is 98.8 Å². The van der Waals surface area contributed by atoms with E-state index in [2.05, 4.69) is 58.4 Å². The molecular weight excluding hydrogens is 759 g/mol. The molecule has 7 aromatic rings. The molecule has 0 bridgehead atoms. The molecule has 0 saturated carbocycles. The molecule has 1 saturated heterocycles. The Kier molecular flexibility index (Phi) is 9.45. The maximum absolute atomic E-state index is 15.3. The van der Waals surface area contributed by atoms with Crippen LogP contribution >= 0.6 is 23.2 Å². The standard InChI is InChI=1S/C44H46Cl2N8O3/c1-24-15-31(16-25(2)40(24)46)57-14-8-9-32-33-11-12-35(45)39(38-27(4)48-51(7)28(38)5)41(33)54-26(3)18-53(44(55)42(32)54)37-20-50(6)36-13-10-30(17-34(36)37)43-47-23-52(49-43)19-29-21-56-22-29/h10-13,15-17,20,23,26,29H,8-9,14,18-19,21-22H2,1-7H3/t26-/m1/s1. The van der Waals surface area contributed by atoms with E-state index in [0.29, 0.717) is 48.5 Å².